The fourth-order valence-corrected chi connectivity index (χ4v) is 1.35. The van der Waals surface area contributed by atoms with Crippen LogP contribution in [0.15, 0.2) is 18.2 Å². The van der Waals surface area contributed by atoms with Crippen molar-refractivity contribution >= 4 is 11.6 Å². The van der Waals surface area contributed by atoms with Gasteiger partial charge in [0.05, 0.1) is 11.7 Å². The first-order chi connectivity index (χ1) is 6.16. The van der Waals surface area contributed by atoms with E-state index in [1.807, 2.05) is 0 Å². The third-order valence-electron chi connectivity index (χ3n) is 1.80. The van der Waals surface area contributed by atoms with Gasteiger partial charge in [0.1, 0.15) is 5.82 Å². The van der Waals surface area contributed by atoms with Crippen molar-refractivity contribution in [2.24, 2.45) is 5.73 Å². The second kappa shape index (κ2) is 4.53. The molecule has 0 aliphatic rings. The van der Waals surface area contributed by atoms with Crippen molar-refractivity contribution in [3.8, 4) is 0 Å². The highest BCUT2D eigenvalue weighted by atomic mass is 35.5. The number of nitrogens with two attached hydrogens (primary N) is 1. The summed E-state index contributed by atoms with van der Waals surface area (Å²) in [5.41, 5.74) is 6.04. The minimum absolute atomic E-state index is 0.0107. The molecular formula is C9H10ClF2N. The molecule has 0 amide bonds. The van der Waals surface area contributed by atoms with Crippen LogP contribution < -0.4 is 5.73 Å². The standard InChI is InChI=1S/C9H10ClF2N/c10-9-6(8(13)4-5-11)2-1-3-7(9)12/h1-3,8H,4-5,13H2/t8-/m0/s1. The first-order valence-corrected chi connectivity index (χ1v) is 4.30. The minimum Gasteiger partial charge on any atom is -0.324 e. The van der Waals surface area contributed by atoms with Gasteiger partial charge in [-0.3, -0.25) is 4.39 Å². The second-order valence-electron chi connectivity index (χ2n) is 2.73. The highest BCUT2D eigenvalue weighted by molar-refractivity contribution is 6.31. The highest BCUT2D eigenvalue weighted by Crippen LogP contribution is 2.25. The molecule has 0 aromatic heterocycles. The molecule has 72 valence electrons. The first kappa shape index (κ1) is 10.4. The van der Waals surface area contributed by atoms with E-state index in [0.717, 1.165) is 0 Å². The first-order valence-electron chi connectivity index (χ1n) is 3.92. The lowest BCUT2D eigenvalue weighted by Gasteiger charge is -2.11. The predicted octanol–water partition coefficient (Wildman–Crippen LogP) is 2.84. The number of alkyl halides is 1. The van der Waals surface area contributed by atoms with Crippen LogP contribution in [0.25, 0.3) is 0 Å². The summed E-state index contributed by atoms with van der Waals surface area (Å²) in [7, 11) is 0. The maximum absolute atomic E-state index is 12.9. The van der Waals surface area contributed by atoms with Gasteiger partial charge in [-0.25, -0.2) is 4.39 Å². The Balaban J connectivity index is 2.93. The van der Waals surface area contributed by atoms with Crippen LogP contribution in [-0.2, 0) is 0 Å². The summed E-state index contributed by atoms with van der Waals surface area (Å²) < 4.78 is 24.8. The van der Waals surface area contributed by atoms with Crippen LogP contribution in [0.5, 0.6) is 0 Å². The quantitative estimate of drug-likeness (QED) is 0.807. The van der Waals surface area contributed by atoms with Crippen molar-refractivity contribution < 1.29 is 8.78 Å². The summed E-state index contributed by atoms with van der Waals surface area (Å²) in [6, 6.07) is 3.82. The molecule has 4 heteroatoms. The Morgan fingerprint density at radius 1 is 1.46 bits per heavy atom. The summed E-state index contributed by atoms with van der Waals surface area (Å²) in [6.07, 6.45) is 0.156. The Labute approximate surface area is 80.5 Å². The zero-order chi connectivity index (χ0) is 9.84. The average Bonchev–Trinajstić information content (AvgIpc) is 2.10. The summed E-state index contributed by atoms with van der Waals surface area (Å²) in [5.74, 6) is -0.520. The van der Waals surface area contributed by atoms with E-state index >= 15 is 0 Å². The molecule has 1 aromatic rings. The molecule has 0 unspecified atom stereocenters. The smallest absolute Gasteiger partial charge is 0.142 e. The molecule has 0 heterocycles. The van der Waals surface area contributed by atoms with E-state index in [1.165, 1.54) is 12.1 Å². The normalized spacial score (nSPS) is 12.9. The molecule has 0 radical (unpaired) electrons. The monoisotopic (exact) mass is 205 g/mol. The van der Waals surface area contributed by atoms with Crippen molar-refractivity contribution in [1.29, 1.82) is 0 Å². The molecule has 0 saturated carbocycles. The van der Waals surface area contributed by atoms with Crippen LogP contribution in [0.4, 0.5) is 8.78 Å². The van der Waals surface area contributed by atoms with Crippen LogP contribution in [0.3, 0.4) is 0 Å². The van der Waals surface area contributed by atoms with E-state index in [0.29, 0.717) is 5.56 Å². The molecule has 13 heavy (non-hydrogen) atoms. The molecule has 0 bridgehead atoms. The van der Waals surface area contributed by atoms with Crippen molar-refractivity contribution in [3.63, 3.8) is 0 Å². The minimum atomic E-state index is -0.534. The van der Waals surface area contributed by atoms with Gasteiger partial charge in [-0.1, -0.05) is 23.7 Å². The summed E-state index contributed by atoms with van der Waals surface area (Å²) in [5, 5.41) is -0.0107. The van der Waals surface area contributed by atoms with Crippen LogP contribution in [-0.4, -0.2) is 6.67 Å². The molecule has 1 aromatic carbocycles. The third-order valence-corrected chi connectivity index (χ3v) is 2.20. The summed E-state index contributed by atoms with van der Waals surface area (Å²) in [6.45, 7) is -0.534. The van der Waals surface area contributed by atoms with Crippen LogP contribution >= 0.6 is 11.6 Å². The number of rotatable bonds is 3. The number of benzene rings is 1. The van der Waals surface area contributed by atoms with E-state index in [-0.39, 0.29) is 11.4 Å². The summed E-state index contributed by atoms with van der Waals surface area (Å²) >= 11 is 5.65. The van der Waals surface area contributed by atoms with E-state index < -0.39 is 18.5 Å². The molecule has 1 nitrogen and oxygen atoms in total. The molecule has 1 rings (SSSR count). The van der Waals surface area contributed by atoms with Gasteiger partial charge in [0.15, 0.2) is 0 Å². The zero-order valence-electron chi connectivity index (χ0n) is 6.93. The molecular weight excluding hydrogens is 196 g/mol. The molecule has 0 aliphatic carbocycles. The Morgan fingerprint density at radius 3 is 2.77 bits per heavy atom. The molecule has 0 aliphatic heterocycles. The van der Waals surface area contributed by atoms with Crippen LogP contribution in [0.2, 0.25) is 5.02 Å². The third kappa shape index (κ3) is 2.39. The zero-order valence-corrected chi connectivity index (χ0v) is 7.69. The van der Waals surface area contributed by atoms with Crippen molar-refractivity contribution in [1.82, 2.24) is 0 Å². The van der Waals surface area contributed by atoms with Crippen molar-refractivity contribution in [2.75, 3.05) is 6.67 Å². The molecule has 0 fully saturated rings. The van der Waals surface area contributed by atoms with Gasteiger partial charge in [-0.05, 0) is 18.1 Å². The average molecular weight is 206 g/mol. The van der Waals surface area contributed by atoms with Gasteiger partial charge in [0, 0.05) is 6.04 Å². The number of hydrogen-bond donors (Lipinski definition) is 1. The van der Waals surface area contributed by atoms with E-state index in [2.05, 4.69) is 0 Å². The van der Waals surface area contributed by atoms with Gasteiger partial charge < -0.3 is 5.73 Å². The van der Waals surface area contributed by atoms with Gasteiger partial charge in [0.25, 0.3) is 0 Å². The predicted molar refractivity (Wildman–Crippen MR) is 48.9 cm³/mol. The van der Waals surface area contributed by atoms with E-state index in [1.54, 1.807) is 6.07 Å². The maximum atomic E-state index is 12.9. The fourth-order valence-electron chi connectivity index (χ4n) is 1.08. The molecule has 0 saturated heterocycles. The van der Waals surface area contributed by atoms with Gasteiger partial charge in [-0.2, -0.15) is 0 Å². The highest BCUT2D eigenvalue weighted by Gasteiger charge is 2.12. The van der Waals surface area contributed by atoms with Crippen molar-refractivity contribution in [2.45, 2.75) is 12.5 Å². The largest absolute Gasteiger partial charge is 0.324 e. The van der Waals surface area contributed by atoms with Crippen LogP contribution in [0, 0.1) is 5.82 Å². The van der Waals surface area contributed by atoms with Crippen LogP contribution in [0.1, 0.15) is 18.0 Å². The number of hydrogen-bond acceptors (Lipinski definition) is 1. The lowest BCUT2D eigenvalue weighted by Crippen LogP contribution is -2.11. The SMILES string of the molecule is N[C@@H](CCF)c1cccc(F)c1Cl. The molecule has 2 N–H and O–H groups in total. The van der Waals surface area contributed by atoms with E-state index in [4.69, 9.17) is 17.3 Å². The van der Waals surface area contributed by atoms with Gasteiger partial charge in [0.2, 0.25) is 0 Å². The second-order valence-corrected chi connectivity index (χ2v) is 3.11. The fraction of sp³-hybridized carbons (Fsp3) is 0.333. The topological polar surface area (TPSA) is 26.0 Å². The Hall–Kier alpha value is -0.670. The molecule has 1 atom stereocenters. The van der Waals surface area contributed by atoms with Gasteiger partial charge in [-0.15, -0.1) is 0 Å². The Bertz CT molecular complexity index is 291. The summed E-state index contributed by atoms with van der Waals surface area (Å²) in [4.78, 5) is 0. The Morgan fingerprint density at radius 2 is 2.15 bits per heavy atom. The van der Waals surface area contributed by atoms with Gasteiger partial charge >= 0.3 is 0 Å². The van der Waals surface area contributed by atoms with E-state index in [9.17, 15) is 8.78 Å². The number of halogens is 3. The molecule has 0 spiro atoms. The Kier molecular flexibility index (Phi) is 3.63. The maximum Gasteiger partial charge on any atom is 0.142 e. The lowest BCUT2D eigenvalue weighted by molar-refractivity contribution is 0.441. The lowest BCUT2D eigenvalue weighted by atomic mass is 10.1. The van der Waals surface area contributed by atoms with Crippen molar-refractivity contribution in [3.05, 3.63) is 34.6 Å².